The largest absolute Gasteiger partial charge is 0.380 e. The average Bonchev–Trinajstić information content (AvgIpc) is 2.99. The molecule has 106 valence electrons. The lowest BCUT2D eigenvalue weighted by atomic mass is 10.1. The number of amides is 1. The molecule has 5 heteroatoms. The second-order valence-electron chi connectivity index (χ2n) is 4.37. The van der Waals surface area contributed by atoms with Crippen molar-refractivity contribution >= 4 is 22.9 Å². The molecule has 0 spiro atoms. The van der Waals surface area contributed by atoms with Crippen LogP contribution in [0.2, 0.25) is 0 Å². The molecule has 1 heterocycles. The van der Waals surface area contributed by atoms with E-state index in [0.717, 1.165) is 16.1 Å². The Morgan fingerprint density at radius 2 is 2.15 bits per heavy atom. The molecule has 1 amide bonds. The van der Waals surface area contributed by atoms with Gasteiger partial charge in [-0.3, -0.25) is 4.79 Å². The Bertz CT molecular complexity index is 551. The first-order chi connectivity index (χ1) is 9.74. The lowest BCUT2D eigenvalue weighted by Crippen LogP contribution is -2.28. The average molecular weight is 290 g/mol. The molecular weight excluding hydrogens is 272 g/mol. The number of rotatable bonds is 6. The zero-order valence-electron chi connectivity index (χ0n) is 11.3. The van der Waals surface area contributed by atoms with Crippen LogP contribution in [0.3, 0.4) is 0 Å². The van der Waals surface area contributed by atoms with E-state index in [9.17, 15) is 4.79 Å². The van der Waals surface area contributed by atoms with Crippen molar-refractivity contribution in [2.24, 2.45) is 5.73 Å². The van der Waals surface area contributed by atoms with Crippen LogP contribution in [0.15, 0.2) is 41.8 Å². The quantitative estimate of drug-likeness (QED) is 0.859. The van der Waals surface area contributed by atoms with Gasteiger partial charge < -0.3 is 15.8 Å². The van der Waals surface area contributed by atoms with Gasteiger partial charge in [0.1, 0.15) is 0 Å². The van der Waals surface area contributed by atoms with E-state index >= 15 is 0 Å². The van der Waals surface area contributed by atoms with Gasteiger partial charge >= 0.3 is 0 Å². The summed E-state index contributed by atoms with van der Waals surface area (Å²) >= 11 is 1.64. The fourth-order valence-electron chi connectivity index (χ4n) is 1.91. The number of anilines is 1. The van der Waals surface area contributed by atoms with Gasteiger partial charge in [-0.1, -0.05) is 24.3 Å². The van der Waals surface area contributed by atoms with Crippen LogP contribution >= 0.6 is 11.3 Å². The Morgan fingerprint density at radius 1 is 1.35 bits per heavy atom. The predicted molar refractivity (Wildman–Crippen MR) is 82.9 cm³/mol. The number of nitrogens with one attached hydrogen (secondary N) is 1. The predicted octanol–water partition coefficient (Wildman–Crippen LogP) is 2.72. The van der Waals surface area contributed by atoms with Crippen LogP contribution in [-0.4, -0.2) is 25.7 Å². The van der Waals surface area contributed by atoms with Gasteiger partial charge in [-0.25, -0.2) is 0 Å². The molecule has 1 aromatic carbocycles. The molecule has 1 unspecified atom stereocenters. The Labute approximate surface area is 122 Å². The number of carbonyl (C=O) groups excluding carboxylic acids is 1. The third kappa shape index (κ3) is 3.66. The van der Waals surface area contributed by atoms with E-state index in [1.807, 2.05) is 41.8 Å². The molecule has 2 aromatic rings. The van der Waals surface area contributed by atoms with Gasteiger partial charge in [-0.2, -0.15) is 0 Å². The second-order valence-corrected chi connectivity index (χ2v) is 5.32. The van der Waals surface area contributed by atoms with E-state index in [0.29, 0.717) is 6.54 Å². The van der Waals surface area contributed by atoms with Gasteiger partial charge in [-0.05, 0) is 17.5 Å². The molecule has 0 saturated heterocycles. The molecule has 0 bridgehead atoms. The zero-order chi connectivity index (χ0) is 14.4. The fourth-order valence-corrected chi connectivity index (χ4v) is 2.68. The minimum absolute atomic E-state index is 0.0914. The van der Waals surface area contributed by atoms with Crippen molar-refractivity contribution in [2.75, 3.05) is 19.0 Å². The Hall–Kier alpha value is -1.69. The Kier molecular flexibility index (Phi) is 5.29. The van der Waals surface area contributed by atoms with Crippen molar-refractivity contribution in [3.8, 4) is 10.4 Å². The number of hydrogen-bond acceptors (Lipinski definition) is 4. The molecule has 3 N–H and O–H groups in total. The summed E-state index contributed by atoms with van der Waals surface area (Å²) in [7, 11) is 1.56. The minimum atomic E-state index is -0.246. The van der Waals surface area contributed by atoms with Crippen molar-refractivity contribution in [3.63, 3.8) is 0 Å². The molecule has 0 aliphatic heterocycles. The van der Waals surface area contributed by atoms with Gasteiger partial charge in [0, 0.05) is 29.8 Å². The summed E-state index contributed by atoms with van der Waals surface area (Å²) in [6.45, 7) is 0.330. The highest BCUT2D eigenvalue weighted by Gasteiger charge is 2.13. The number of methoxy groups -OCH3 is 1. The van der Waals surface area contributed by atoms with Gasteiger partial charge in [0.25, 0.3) is 0 Å². The van der Waals surface area contributed by atoms with Crippen molar-refractivity contribution in [3.05, 3.63) is 41.8 Å². The van der Waals surface area contributed by atoms with Gasteiger partial charge in [0.05, 0.1) is 12.5 Å². The standard InChI is InChI=1S/C15H18N2O2S/c1-19-11(10-16)9-15(18)17-13-6-3-2-5-12(13)14-7-4-8-20-14/h2-8,11H,9-10,16H2,1H3,(H,17,18). The summed E-state index contributed by atoms with van der Waals surface area (Å²) in [5.41, 5.74) is 7.37. The van der Waals surface area contributed by atoms with Crippen LogP contribution in [0.4, 0.5) is 5.69 Å². The highest BCUT2D eigenvalue weighted by molar-refractivity contribution is 7.13. The number of benzene rings is 1. The van der Waals surface area contributed by atoms with E-state index < -0.39 is 0 Å². The van der Waals surface area contributed by atoms with Gasteiger partial charge in [-0.15, -0.1) is 11.3 Å². The smallest absolute Gasteiger partial charge is 0.227 e. The molecule has 0 aliphatic rings. The maximum Gasteiger partial charge on any atom is 0.227 e. The maximum absolute atomic E-state index is 12.0. The van der Waals surface area contributed by atoms with Crippen molar-refractivity contribution in [1.82, 2.24) is 0 Å². The Morgan fingerprint density at radius 3 is 2.80 bits per heavy atom. The van der Waals surface area contributed by atoms with E-state index in [1.54, 1.807) is 18.4 Å². The summed E-state index contributed by atoms with van der Waals surface area (Å²) in [5.74, 6) is -0.0914. The van der Waals surface area contributed by atoms with Crippen LogP contribution in [0, 0.1) is 0 Å². The first-order valence-electron chi connectivity index (χ1n) is 6.40. The molecule has 20 heavy (non-hydrogen) atoms. The van der Waals surface area contributed by atoms with Crippen LogP contribution in [0.25, 0.3) is 10.4 Å². The molecule has 1 aromatic heterocycles. The molecule has 0 radical (unpaired) electrons. The van der Waals surface area contributed by atoms with E-state index in [4.69, 9.17) is 10.5 Å². The first-order valence-corrected chi connectivity index (χ1v) is 7.28. The molecule has 0 saturated carbocycles. The monoisotopic (exact) mass is 290 g/mol. The number of thiophene rings is 1. The minimum Gasteiger partial charge on any atom is -0.380 e. The normalized spacial score (nSPS) is 12.1. The first kappa shape index (κ1) is 14.7. The summed E-state index contributed by atoms with van der Waals surface area (Å²) in [5, 5.41) is 4.95. The lowest BCUT2D eigenvalue weighted by Gasteiger charge is -2.14. The highest BCUT2D eigenvalue weighted by atomic mass is 32.1. The van der Waals surface area contributed by atoms with Gasteiger partial charge in [0.2, 0.25) is 5.91 Å². The number of para-hydroxylation sites is 1. The lowest BCUT2D eigenvalue weighted by molar-refractivity contribution is -0.118. The van der Waals surface area contributed by atoms with Crippen LogP contribution < -0.4 is 11.1 Å². The number of nitrogens with two attached hydrogens (primary N) is 1. The molecule has 0 aliphatic carbocycles. The zero-order valence-corrected chi connectivity index (χ0v) is 12.2. The summed E-state index contributed by atoms with van der Waals surface area (Å²) in [6, 6.07) is 11.8. The molecule has 0 fully saturated rings. The third-order valence-corrected chi connectivity index (χ3v) is 3.90. The number of carbonyl (C=O) groups is 1. The summed E-state index contributed by atoms with van der Waals surface area (Å²) in [4.78, 5) is 13.1. The number of ether oxygens (including phenoxy) is 1. The fraction of sp³-hybridized carbons (Fsp3) is 0.267. The van der Waals surface area contributed by atoms with Crippen LogP contribution in [0.5, 0.6) is 0 Å². The molecule has 2 rings (SSSR count). The van der Waals surface area contributed by atoms with Crippen molar-refractivity contribution in [1.29, 1.82) is 0 Å². The molecular formula is C15H18N2O2S. The molecule has 1 atom stereocenters. The summed E-state index contributed by atoms with van der Waals surface area (Å²) in [6.07, 6.45) is 0.00934. The second kappa shape index (κ2) is 7.19. The highest BCUT2D eigenvalue weighted by Crippen LogP contribution is 2.31. The molecule has 4 nitrogen and oxygen atoms in total. The topological polar surface area (TPSA) is 64.3 Å². The third-order valence-electron chi connectivity index (χ3n) is 3.00. The SMILES string of the molecule is COC(CN)CC(=O)Nc1ccccc1-c1cccs1. The maximum atomic E-state index is 12.0. The summed E-state index contributed by atoms with van der Waals surface area (Å²) < 4.78 is 5.13. The number of hydrogen-bond donors (Lipinski definition) is 2. The van der Waals surface area contributed by atoms with Crippen LogP contribution in [0.1, 0.15) is 6.42 Å². The van der Waals surface area contributed by atoms with Crippen molar-refractivity contribution in [2.45, 2.75) is 12.5 Å². The van der Waals surface area contributed by atoms with Crippen LogP contribution in [-0.2, 0) is 9.53 Å². The Balaban J connectivity index is 2.12. The van der Waals surface area contributed by atoms with E-state index in [1.165, 1.54) is 0 Å². The van der Waals surface area contributed by atoms with Crippen molar-refractivity contribution < 1.29 is 9.53 Å². The van der Waals surface area contributed by atoms with E-state index in [-0.39, 0.29) is 18.4 Å². The van der Waals surface area contributed by atoms with Gasteiger partial charge in [0.15, 0.2) is 0 Å². The van der Waals surface area contributed by atoms with E-state index in [2.05, 4.69) is 5.32 Å².